The lowest BCUT2D eigenvalue weighted by Gasteiger charge is -2.10. The number of benzene rings is 2. The zero-order chi connectivity index (χ0) is 13.7. The van der Waals surface area contributed by atoms with E-state index < -0.39 is 0 Å². The van der Waals surface area contributed by atoms with Crippen LogP contribution in [0.3, 0.4) is 0 Å². The Morgan fingerprint density at radius 3 is 2.58 bits per heavy atom. The van der Waals surface area contributed by atoms with Gasteiger partial charge in [-0.25, -0.2) is 0 Å². The third-order valence-electron chi connectivity index (χ3n) is 2.65. The Bertz CT molecular complexity index is 558. The normalized spacial score (nSPS) is 10.3. The molecule has 0 bridgehead atoms. The number of hydrogen-bond donors (Lipinski definition) is 1. The monoisotopic (exact) mass is 321 g/mol. The Morgan fingerprint density at radius 1 is 1.11 bits per heavy atom. The SMILES string of the molecule is CNCc1ccc(Oc2cccc(OC)c2)c(Br)c1. The predicted molar refractivity (Wildman–Crippen MR) is 80.0 cm³/mol. The average molecular weight is 322 g/mol. The van der Waals surface area contributed by atoms with Gasteiger partial charge in [-0.2, -0.15) is 0 Å². The van der Waals surface area contributed by atoms with Crippen LogP contribution in [0.2, 0.25) is 0 Å². The van der Waals surface area contributed by atoms with Gasteiger partial charge in [0.25, 0.3) is 0 Å². The molecule has 3 nitrogen and oxygen atoms in total. The number of halogens is 1. The van der Waals surface area contributed by atoms with E-state index in [0.717, 1.165) is 28.3 Å². The summed E-state index contributed by atoms with van der Waals surface area (Å²) in [5, 5.41) is 3.12. The molecule has 0 aromatic heterocycles. The van der Waals surface area contributed by atoms with Crippen LogP contribution < -0.4 is 14.8 Å². The summed E-state index contributed by atoms with van der Waals surface area (Å²) in [5.41, 5.74) is 1.20. The van der Waals surface area contributed by atoms with Crippen LogP contribution in [0.5, 0.6) is 17.2 Å². The molecule has 2 aromatic carbocycles. The van der Waals surface area contributed by atoms with Crippen molar-refractivity contribution in [2.24, 2.45) is 0 Å². The molecule has 0 saturated heterocycles. The molecule has 2 rings (SSSR count). The fourth-order valence-electron chi connectivity index (χ4n) is 1.73. The van der Waals surface area contributed by atoms with Gasteiger partial charge in [0.05, 0.1) is 11.6 Å². The molecule has 0 aliphatic rings. The second-order valence-electron chi connectivity index (χ2n) is 4.08. The molecule has 0 spiro atoms. The molecule has 2 aromatic rings. The van der Waals surface area contributed by atoms with E-state index in [0.29, 0.717) is 0 Å². The maximum Gasteiger partial charge on any atom is 0.141 e. The number of rotatable bonds is 5. The summed E-state index contributed by atoms with van der Waals surface area (Å²) in [6.45, 7) is 0.831. The molecule has 19 heavy (non-hydrogen) atoms. The fraction of sp³-hybridized carbons (Fsp3) is 0.200. The van der Waals surface area contributed by atoms with Crippen molar-refractivity contribution in [1.82, 2.24) is 5.32 Å². The second kappa shape index (κ2) is 6.59. The summed E-state index contributed by atoms with van der Waals surface area (Å²) in [4.78, 5) is 0. The van der Waals surface area contributed by atoms with Crippen LogP contribution in [0.4, 0.5) is 0 Å². The standard InChI is InChI=1S/C15H16BrNO2/c1-17-10-11-6-7-15(14(16)8-11)19-13-5-3-4-12(9-13)18-2/h3-9,17H,10H2,1-2H3. The van der Waals surface area contributed by atoms with Gasteiger partial charge in [0.2, 0.25) is 0 Å². The number of hydrogen-bond acceptors (Lipinski definition) is 3. The minimum absolute atomic E-state index is 0.751. The molecule has 0 unspecified atom stereocenters. The van der Waals surface area contributed by atoms with Crippen LogP contribution in [0.15, 0.2) is 46.9 Å². The molecule has 0 saturated carbocycles. The predicted octanol–water partition coefficient (Wildman–Crippen LogP) is 3.97. The lowest BCUT2D eigenvalue weighted by atomic mass is 10.2. The summed E-state index contributed by atoms with van der Waals surface area (Å²) >= 11 is 3.53. The Labute approximate surface area is 121 Å². The Hall–Kier alpha value is -1.52. The van der Waals surface area contributed by atoms with E-state index in [1.54, 1.807) is 7.11 Å². The van der Waals surface area contributed by atoms with Crippen molar-refractivity contribution in [3.63, 3.8) is 0 Å². The van der Waals surface area contributed by atoms with Crippen LogP contribution in [0.25, 0.3) is 0 Å². The minimum Gasteiger partial charge on any atom is -0.497 e. The van der Waals surface area contributed by atoms with Gasteiger partial charge in [0.1, 0.15) is 17.2 Å². The van der Waals surface area contributed by atoms with Gasteiger partial charge in [-0.15, -0.1) is 0 Å². The van der Waals surface area contributed by atoms with Crippen molar-refractivity contribution in [3.8, 4) is 17.2 Å². The summed E-state index contributed by atoms with van der Waals surface area (Å²) in [7, 11) is 3.57. The fourth-order valence-corrected chi connectivity index (χ4v) is 2.24. The zero-order valence-electron chi connectivity index (χ0n) is 10.9. The molecule has 100 valence electrons. The highest BCUT2D eigenvalue weighted by Crippen LogP contribution is 2.31. The van der Waals surface area contributed by atoms with E-state index in [-0.39, 0.29) is 0 Å². The molecule has 4 heteroatoms. The van der Waals surface area contributed by atoms with E-state index in [4.69, 9.17) is 9.47 Å². The van der Waals surface area contributed by atoms with Crippen molar-refractivity contribution in [2.45, 2.75) is 6.54 Å². The van der Waals surface area contributed by atoms with Gasteiger partial charge >= 0.3 is 0 Å². The molecule has 0 aliphatic heterocycles. The molecular formula is C15H16BrNO2. The molecule has 0 radical (unpaired) electrons. The minimum atomic E-state index is 0.751. The summed E-state index contributed by atoms with van der Waals surface area (Å²) in [6.07, 6.45) is 0. The van der Waals surface area contributed by atoms with Gasteiger partial charge in [0, 0.05) is 12.6 Å². The number of nitrogens with one attached hydrogen (secondary N) is 1. The van der Waals surface area contributed by atoms with Crippen LogP contribution in [0.1, 0.15) is 5.56 Å². The Balaban J connectivity index is 2.18. The van der Waals surface area contributed by atoms with Crippen LogP contribution >= 0.6 is 15.9 Å². The van der Waals surface area contributed by atoms with E-state index in [1.807, 2.05) is 49.5 Å². The van der Waals surface area contributed by atoms with Crippen molar-refractivity contribution in [2.75, 3.05) is 14.2 Å². The van der Waals surface area contributed by atoms with Crippen LogP contribution in [0, 0.1) is 0 Å². The molecule has 0 heterocycles. The van der Waals surface area contributed by atoms with E-state index in [1.165, 1.54) is 5.56 Å². The molecule has 0 atom stereocenters. The lowest BCUT2D eigenvalue weighted by molar-refractivity contribution is 0.409. The van der Waals surface area contributed by atoms with Crippen LogP contribution in [-0.4, -0.2) is 14.2 Å². The number of methoxy groups -OCH3 is 1. The van der Waals surface area contributed by atoms with Gasteiger partial charge in [-0.05, 0) is 52.8 Å². The van der Waals surface area contributed by atoms with Gasteiger partial charge in [0.15, 0.2) is 0 Å². The molecule has 0 fully saturated rings. The summed E-state index contributed by atoms with van der Waals surface area (Å²) in [6, 6.07) is 13.6. The van der Waals surface area contributed by atoms with Crippen molar-refractivity contribution >= 4 is 15.9 Å². The maximum absolute atomic E-state index is 5.84. The van der Waals surface area contributed by atoms with Gasteiger partial charge in [-0.3, -0.25) is 0 Å². The molecular weight excluding hydrogens is 306 g/mol. The highest BCUT2D eigenvalue weighted by Gasteiger charge is 2.05. The first-order valence-electron chi connectivity index (χ1n) is 5.98. The average Bonchev–Trinajstić information content (AvgIpc) is 2.42. The van der Waals surface area contributed by atoms with Crippen molar-refractivity contribution in [1.29, 1.82) is 0 Å². The second-order valence-corrected chi connectivity index (χ2v) is 4.93. The van der Waals surface area contributed by atoms with Crippen molar-refractivity contribution < 1.29 is 9.47 Å². The maximum atomic E-state index is 5.84. The largest absolute Gasteiger partial charge is 0.497 e. The zero-order valence-corrected chi connectivity index (χ0v) is 12.5. The first kappa shape index (κ1) is 13.9. The first-order valence-corrected chi connectivity index (χ1v) is 6.77. The molecule has 0 amide bonds. The number of ether oxygens (including phenoxy) is 2. The highest BCUT2D eigenvalue weighted by atomic mass is 79.9. The lowest BCUT2D eigenvalue weighted by Crippen LogP contribution is -2.04. The summed E-state index contributed by atoms with van der Waals surface area (Å²) in [5.74, 6) is 2.31. The molecule has 0 aliphatic carbocycles. The topological polar surface area (TPSA) is 30.5 Å². The van der Waals surface area contributed by atoms with Crippen molar-refractivity contribution in [3.05, 3.63) is 52.5 Å². The van der Waals surface area contributed by atoms with Gasteiger partial charge in [-0.1, -0.05) is 12.1 Å². The highest BCUT2D eigenvalue weighted by molar-refractivity contribution is 9.10. The van der Waals surface area contributed by atoms with Crippen LogP contribution in [-0.2, 0) is 6.54 Å². The van der Waals surface area contributed by atoms with E-state index in [2.05, 4.69) is 21.2 Å². The molecule has 1 N–H and O–H groups in total. The van der Waals surface area contributed by atoms with E-state index in [9.17, 15) is 0 Å². The smallest absolute Gasteiger partial charge is 0.141 e. The van der Waals surface area contributed by atoms with E-state index >= 15 is 0 Å². The summed E-state index contributed by atoms with van der Waals surface area (Å²) < 4.78 is 11.9. The third-order valence-corrected chi connectivity index (χ3v) is 3.27. The Kier molecular flexibility index (Phi) is 4.82. The quantitative estimate of drug-likeness (QED) is 0.903. The Morgan fingerprint density at radius 2 is 1.89 bits per heavy atom. The third kappa shape index (κ3) is 3.72. The first-order chi connectivity index (χ1) is 9.22. The van der Waals surface area contributed by atoms with Gasteiger partial charge < -0.3 is 14.8 Å².